The highest BCUT2D eigenvalue weighted by atomic mass is 32.2. The lowest BCUT2D eigenvalue weighted by Crippen LogP contribution is -2.37. The molecule has 0 atom stereocenters. The molecule has 0 saturated heterocycles. The lowest BCUT2D eigenvalue weighted by molar-refractivity contribution is 0.0734. The number of amides is 3. The molecule has 2 N–H and O–H groups in total. The lowest BCUT2D eigenvalue weighted by atomic mass is 9.96. The summed E-state index contributed by atoms with van der Waals surface area (Å²) in [4.78, 5) is 37.1. The molecule has 3 heterocycles. The summed E-state index contributed by atoms with van der Waals surface area (Å²) in [5.74, 6) is 0.535. The van der Waals surface area contributed by atoms with E-state index in [1.54, 1.807) is 16.6 Å². The number of hydrogen-bond acceptors (Lipinski definition) is 6. The average Bonchev–Trinajstić information content (AvgIpc) is 3.40. The number of carbonyl (C=O) groups is 2. The summed E-state index contributed by atoms with van der Waals surface area (Å²) in [5, 5.41) is 10.6. The van der Waals surface area contributed by atoms with Gasteiger partial charge < -0.3 is 15.5 Å². The summed E-state index contributed by atoms with van der Waals surface area (Å²) in [6.45, 7) is 4.81. The fourth-order valence-corrected chi connectivity index (χ4v) is 5.94. The molecule has 0 bridgehead atoms. The lowest BCUT2D eigenvalue weighted by Gasteiger charge is -2.31. The molecule has 6 rings (SSSR count). The predicted octanol–water partition coefficient (Wildman–Crippen LogP) is 6.02. The molecule has 9 nitrogen and oxygen atoms in total. The number of aryl methyl sites for hydroxylation is 2. The van der Waals surface area contributed by atoms with Crippen molar-refractivity contribution in [3.63, 3.8) is 0 Å². The minimum atomic E-state index is -0.528. The third-order valence-corrected chi connectivity index (χ3v) is 8.01. The summed E-state index contributed by atoms with van der Waals surface area (Å²) in [7, 11) is 0. The van der Waals surface area contributed by atoms with Crippen molar-refractivity contribution in [3.05, 3.63) is 112 Å². The van der Waals surface area contributed by atoms with Crippen molar-refractivity contribution >= 4 is 40.9 Å². The van der Waals surface area contributed by atoms with E-state index in [0.717, 1.165) is 28.1 Å². The first-order chi connectivity index (χ1) is 20.4. The molecule has 0 fully saturated rings. The Kier molecular flexibility index (Phi) is 7.58. The van der Waals surface area contributed by atoms with Crippen LogP contribution < -0.4 is 10.6 Å². The molecule has 2 aromatic heterocycles. The number of rotatable bonds is 6. The van der Waals surface area contributed by atoms with Gasteiger partial charge in [-0.25, -0.2) is 18.7 Å². The van der Waals surface area contributed by atoms with Gasteiger partial charge in [-0.15, -0.1) is 5.10 Å². The van der Waals surface area contributed by atoms with E-state index in [4.69, 9.17) is 0 Å². The van der Waals surface area contributed by atoms with Gasteiger partial charge in [-0.2, -0.15) is 4.98 Å². The molecule has 0 aliphatic carbocycles. The number of thioether (sulfide) groups is 1. The van der Waals surface area contributed by atoms with Crippen LogP contribution in [0.4, 0.5) is 20.6 Å². The summed E-state index contributed by atoms with van der Waals surface area (Å²) < 4.78 is 15.7. The Morgan fingerprint density at radius 3 is 2.57 bits per heavy atom. The van der Waals surface area contributed by atoms with Gasteiger partial charge in [-0.05, 0) is 67.3 Å². The topological polar surface area (TPSA) is 105 Å². The van der Waals surface area contributed by atoms with Crippen LogP contribution >= 0.6 is 11.8 Å². The zero-order valence-electron chi connectivity index (χ0n) is 23.1. The number of anilines is 2. The first-order valence-electron chi connectivity index (χ1n) is 13.5. The Hall–Kier alpha value is -4.77. The molecule has 3 aromatic carbocycles. The van der Waals surface area contributed by atoms with Gasteiger partial charge >= 0.3 is 6.03 Å². The van der Waals surface area contributed by atoms with E-state index in [2.05, 4.69) is 25.7 Å². The fourth-order valence-electron chi connectivity index (χ4n) is 5.11. The van der Waals surface area contributed by atoms with Gasteiger partial charge in [-0.3, -0.25) is 4.79 Å². The standard InChI is InChI=1S/C31H28FN7O2S/c1-19-16-20(2)39-29(33-19)36-31(37-39)42-18-22-8-3-4-10-24(22)28(40)38-15-14-23-21(17-38)9-7-13-26(23)34-30(41)35-27-12-6-5-11-25(27)32/h3-13,16H,14-15,17-18H2,1-2H3,(H2,34,35,41). The van der Waals surface area contributed by atoms with E-state index in [0.29, 0.717) is 47.4 Å². The van der Waals surface area contributed by atoms with Crippen LogP contribution in [0.1, 0.15) is 38.4 Å². The van der Waals surface area contributed by atoms with Gasteiger partial charge in [0.1, 0.15) is 5.82 Å². The zero-order valence-corrected chi connectivity index (χ0v) is 23.9. The van der Waals surface area contributed by atoms with E-state index < -0.39 is 11.8 Å². The zero-order chi connectivity index (χ0) is 29.2. The van der Waals surface area contributed by atoms with Gasteiger partial charge in [0.25, 0.3) is 11.7 Å². The van der Waals surface area contributed by atoms with Gasteiger partial charge in [0.15, 0.2) is 0 Å². The average molecular weight is 582 g/mol. The first kappa shape index (κ1) is 27.4. The molecule has 5 aromatic rings. The van der Waals surface area contributed by atoms with Crippen LogP contribution in [0.15, 0.2) is 78.0 Å². The Morgan fingerprint density at radius 2 is 1.71 bits per heavy atom. The van der Waals surface area contributed by atoms with E-state index in [1.165, 1.54) is 23.9 Å². The van der Waals surface area contributed by atoms with Crippen LogP contribution in [0.5, 0.6) is 0 Å². The van der Waals surface area contributed by atoms with Crippen molar-refractivity contribution in [1.82, 2.24) is 24.5 Å². The number of hydrogen-bond donors (Lipinski definition) is 2. The summed E-state index contributed by atoms with van der Waals surface area (Å²) in [6, 6.07) is 20.7. The molecule has 0 unspecified atom stereocenters. The fraction of sp³-hybridized carbons (Fsp3) is 0.194. The number of nitrogens with one attached hydrogen (secondary N) is 2. The predicted molar refractivity (Wildman–Crippen MR) is 160 cm³/mol. The number of fused-ring (bicyclic) bond motifs is 2. The molecule has 0 radical (unpaired) electrons. The smallest absolute Gasteiger partial charge is 0.323 e. The van der Waals surface area contributed by atoms with E-state index >= 15 is 0 Å². The maximum Gasteiger partial charge on any atom is 0.323 e. The minimum Gasteiger partial charge on any atom is -0.334 e. The van der Waals surface area contributed by atoms with Crippen LogP contribution in [-0.2, 0) is 18.7 Å². The number of urea groups is 1. The van der Waals surface area contributed by atoms with Gasteiger partial charge in [-0.1, -0.05) is 54.2 Å². The molecule has 1 aliphatic heterocycles. The molecule has 42 heavy (non-hydrogen) atoms. The van der Waals surface area contributed by atoms with Crippen LogP contribution in [0.25, 0.3) is 5.78 Å². The third kappa shape index (κ3) is 5.68. The van der Waals surface area contributed by atoms with Crippen LogP contribution in [0.2, 0.25) is 0 Å². The van der Waals surface area contributed by atoms with E-state index in [-0.39, 0.29) is 11.6 Å². The Morgan fingerprint density at radius 1 is 0.952 bits per heavy atom. The van der Waals surface area contributed by atoms with Gasteiger partial charge in [0.2, 0.25) is 5.16 Å². The van der Waals surface area contributed by atoms with Crippen molar-refractivity contribution in [1.29, 1.82) is 0 Å². The third-order valence-electron chi connectivity index (χ3n) is 7.13. The maximum atomic E-state index is 14.0. The van der Waals surface area contributed by atoms with Crippen molar-refractivity contribution in [2.45, 2.75) is 37.7 Å². The second-order valence-corrected chi connectivity index (χ2v) is 11.0. The Bertz CT molecular complexity index is 1820. The molecule has 11 heteroatoms. The maximum absolute atomic E-state index is 14.0. The highest BCUT2D eigenvalue weighted by molar-refractivity contribution is 7.98. The normalized spacial score (nSPS) is 12.7. The van der Waals surface area contributed by atoms with Crippen molar-refractivity contribution in [3.8, 4) is 0 Å². The molecule has 0 spiro atoms. The summed E-state index contributed by atoms with van der Waals surface area (Å²) >= 11 is 1.47. The number of aromatic nitrogens is 4. The Labute approximate surface area is 246 Å². The molecule has 212 valence electrons. The Balaban J connectivity index is 1.14. The summed E-state index contributed by atoms with van der Waals surface area (Å²) in [6.07, 6.45) is 0.574. The molecule has 3 amide bonds. The molecule has 0 saturated carbocycles. The number of benzene rings is 3. The molecular weight excluding hydrogens is 553 g/mol. The number of nitrogens with zero attached hydrogens (tertiary/aromatic N) is 5. The number of carbonyl (C=O) groups excluding carboxylic acids is 2. The van der Waals surface area contributed by atoms with Gasteiger partial charge in [0.05, 0.1) is 5.69 Å². The SMILES string of the molecule is Cc1cc(C)n2nc(SCc3ccccc3C(=O)N3CCc4c(cccc4NC(=O)Nc4ccccc4F)C3)nc2n1. The second kappa shape index (κ2) is 11.6. The first-order valence-corrected chi connectivity index (χ1v) is 14.5. The van der Waals surface area contributed by atoms with E-state index in [1.807, 2.05) is 67.3 Å². The van der Waals surface area contributed by atoms with E-state index in [9.17, 15) is 14.0 Å². The van der Waals surface area contributed by atoms with Gasteiger partial charge in [0, 0.05) is 41.5 Å². The van der Waals surface area contributed by atoms with Crippen LogP contribution in [0, 0.1) is 19.7 Å². The number of para-hydroxylation sites is 1. The second-order valence-electron chi connectivity index (χ2n) is 10.1. The van der Waals surface area contributed by atoms with Crippen LogP contribution in [-0.4, -0.2) is 43.0 Å². The summed E-state index contributed by atoms with van der Waals surface area (Å²) in [5.41, 5.74) is 6.05. The molecule has 1 aliphatic rings. The monoisotopic (exact) mass is 581 g/mol. The van der Waals surface area contributed by atoms with Crippen molar-refractivity contribution < 1.29 is 14.0 Å². The molecular formula is C31H28FN7O2S. The largest absolute Gasteiger partial charge is 0.334 e. The van der Waals surface area contributed by atoms with Crippen molar-refractivity contribution in [2.24, 2.45) is 0 Å². The highest BCUT2D eigenvalue weighted by Gasteiger charge is 2.25. The van der Waals surface area contributed by atoms with Crippen molar-refractivity contribution in [2.75, 3.05) is 17.2 Å². The highest BCUT2D eigenvalue weighted by Crippen LogP contribution is 2.29. The van der Waals surface area contributed by atoms with Crippen LogP contribution in [0.3, 0.4) is 0 Å². The minimum absolute atomic E-state index is 0.0522. The quantitative estimate of drug-likeness (QED) is 0.238. The number of halogens is 1.